The zero-order valence-corrected chi connectivity index (χ0v) is 25.4. The van der Waals surface area contributed by atoms with E-state index in [4.69, 9.17) is 0 Å². The number of benzene rings is 3. The van der Waals surface area contributed by atoms with Crippen molar-refractivity contribution in [3.05, 3.63) is 90.3 Å². The summed E-state index contributed by atoms with van der Waals surface area (Å²) >= 11 is 1.59. The highest BCUT2D eigenvalue weighted by molar-refractivity contribution is 8.14. The number of thioether (sulfide) groups is 1. The number of nitrogens with zero attached hydrogens (tertiary/aromatic N) is 5. The molecule has 230 valence electrons. The van der Waals surface area contributed by atoms with Gasteiger partial charge < -0.3 is 15.0 Å². The molecule has 1 unspecified atom stereocenters. The number of anilines is 1. The number of hydrogen-bond donors (Lipinski definition) is 1. The van der Waals surface area contributed by atoms with E-state index in [-0.39, 0.29) is 17.7 Å². The zero-order chi connectivity index (χ0) is 31.3. The molecule has 1 aromatic heterocycles. The molecule has 2 amide bonds. The fourth-order valence-electron chi connectivity index (χ4n) is 4.91. The largest absolute Gasteiger partial charge is 0.573 e. The second-order valence-electron chi connectivity index (χ2n) is 10.7. The predicted octanol–water partition coefficient (Wildman–Crippen LogP) is 7.77. The lowest BCUT2D eigenvalue weighted by Crippen LogP contribution is -2.29. The first kappa shape index (κ1) is 31.1. The lowest BCUT2D eigenvalue weighted by atomic mass is 9.96. The molecule has 5 rings (SSSR count). The summed E-state index contributed by atoms with van der Waals surface area (Å²) in [6, 6.07) is 21.2. The van der Waals surface area contributed by atoms with Gasteiger partial charge in [0.1, 0.15) is 12.1 Å². The van der Waals surface area contributed by atoms with Gasteiger partial charge in [-0.3, -0.25) is 0 Å². The third-order valence-electron chi connectivity index (χ3n) is 7.24. The van der Waals surface area contributed by atoms with E-state index in [0.717, 1.165) is 40.7 Å². The van der Waals surface area contributed by atoms with E-state index in [9.17, 15) is 18.0 Å². The second-order valence-corrected chi connectivity index (χ2v) is 11.8. The quantitative estimate of drug-likeness (QED) is 0.205. The van der Waals surface area contributed by atoms with Gasteiger partial charge in [0.25, 0.3) is 0 Å². The topological polar surface area (TPSA) is 84.6 Å². The van der Waals surface area contributed by atoms with Crippen LogP contribution in [0.5, 0.6) is 5.75 Å². The molecule has 2 heterocycles. The third kappa shape index (κ3) is 7.79. The molecule has 0 radical (unpaired) electrons. The molecule has 0 aliphatic carbocycles. The number of rotatable bonds is 9. The van der Waals surface area contributed by atoms with Crippen molar-refractivity contribution in [3.63, 3.8) is 0 Å². The fraction of sp³-hybridized carbons (Fsp3) is 0.312. The van der Waals surface area contributed by atoms with Crippen LogP contribution in [0.3, 0.4) is 0 Å². The average molecular weight is 623 g/mol. The SMILES string of the molecule is CC(C)c1ccccc1N1CCS/C1=N\C(=O)NCCC(C)c1ccc(-c2ncn(-c3ccc(OC(F)(F)F)cc3)n2)cc1. The minimum Gasteiger partial charge on any atom is -0.406 e. The minimum absolute atomic E-state index is 0.190. The summed E-state index contributed by atoms with van der Waals surface area (Å²) in [7, 11) is 0. The second kappa shape index (κ2) is 13.5. The molecule has 1 N–H and O–H groups in total. The van der Waals surface area contributed by atoms with Crippen molar-refractivity contribution in [2.24, 2.45) is 4.99 Å². The molecule has 0 bridgehead atoms. The van der Waals surface area contributed by atoms with Crippen molar-refractivity contribution in [1.82, 2.24) is 20.1 Å². The van der Waals surface area contributed by atoms with Crippen LogP contribution >= 0.6 is 11.8 Å². The van der Waals surface area contributed by atoms with Gasteiger partial charge in [0.2, 0.25) is 0 Å². The van der Waals surface area contributed by atoms with E-state index < -0.39 is 6.36 Å². The van der Waals surface area contributed by atoms with E-state index in [1.807, 2.05) is 36.4 Å². The van der Waals surface area contributed by atoms with Crippen LogP contribution in [0.2, 0.25) is 0 Å². The van der Waals surface area contributed by atoms with E-state index in [1.54, 1.807) is 11.8 Å². The molecule has 1 aliphatic heterocycles. The lowest BCUT2D eigenvalue weighted by molar-refractivity contribution is -0.274. The molecule has 1 fully saturated rings. The maximum absolute atomic E-state index is 12.7. The normalized spacial score (nSPS) is 15.2. The number of amidine groups is 1. The number of urea groups is 1. The van der Waals surface area contributed by atoms with Crippen LogP contribution in [0.15, 0.2) is 84.1 Å². The molecule has 8 nitrogen and oxygen atoms in total. The van der Waals surface area contributed by atoms with Gasteiger partial charge in [-0.15, -0.1) is 18.3 Å². The molecule has 3 aromatic carbocycles. The monoisotopic (exact) mass is 622 g/mol. The smallest absolute Gasteiger partial charge is 0.406 e. The van der Waals surface area contributed by atoms with Crippen molar-refractivity contribution in [2.75, 3.05) is 23.7 Å². The molecule has 0 saturated carbocycles. The Morgan fingerprint density at radius 3 is 2.48 bits per heavy atom. The van der Waals surface area contributed by atoms with Gasteiger partial charge in [-0.25, -0.2) is 14.5 Å². The number of carbonyl (C=O) groups excluding carboxylic acids is 1. The van der Waals surface area contributed by atoms with Crippen molar-refractivity contribution in [2.45, 2.75) is 45.4 Å². The number of ether oxygens (including phenoxy) is 1. The van der Waals surface area contributed by atoms with Gasteiger partial charge in [-0.05, 0) is 59.7 Å². The van der Waals surface area contributed by atoms with Gasteiger partial charge in [-0.2, -0.15) is 4.99 Å². The number of nitrogens with one attached hydrogen (secondary N) is 1. The van der Waals surface area contributed by atoms with Crippen LogP contribution in [0, 0.1) is 0 Å². The molecule has 0 spiro atoms. The zero-order valence-electron chi connectivity index (χ0n) is 24.6. The van der Waals surface area contributed by atoms with Crippen LogP contribution in [0.4, 0.5) is 23.7 Å². The number of halogens is 3. The summed E-state index contributed by atoms with van der Waals surface area (Å²) in [4.78, 5) is 23.5. The Hall–Kier alpha value is -4.32. The maximum Gasteiger partial charge on any atom is 0.573 e. The molecular weight excluding hydrogens is 589 g/mol. The molecular formula is C32H33F3N6O2S. The summed E-state index contributed by atoms with van der Waals surface area (Å²) in [5, 5.41) is 8.12. The van der Waals surface area contributed by atoms with E-state index in [2.05, 4.69) is 62.9 Å². The Kier molecular flexibility index (Phi) is 9.58. The van der Waals surface area contributed by atoms with Crippen LogP contribution in [-0.2, 0) is 0 Å². The Morgan fingerprint density at radius 2 is 1.77 bits per heavy atom. The van der Waals surface area contributed by atoms with Crippen LogP contribution in [0.1, 0.15) is 50.2 Å². The van der Waals surface area contributed by atoms with E-state index in [0.29, 0.717) is 24.0 Å². The lowest BCUT2D eigenvalue weighted by Gasteiger charge is -2.23. The van der Waals surface area contributed by atoms with Crippen LogP contribution < -0.4 is 15.0 Å². The van der Waals surface area contributed by atoms with Crippen LogP contribution in [-0.4, -0.2) is 51.2 Å². The number of alkyl halides is 3. The highest BCUT2D eigenvalue weighted by atomic mass is 32.2. The maximum atomic E-state index is 12.7. The van der Waals surface area contributed by atoms with Gasteiger partial charge in [0.05, 0.1) is 5.69 Å². The van der Waals surface area contributed by atoms with Crippen molar-refractivity contribution in [3.8, 4) is 22.8 Å². The first-order chi connectivity index (χ1) is 21.1. The summed E-state index contributed by atoms with van der Waals surface area (Å²) in [5.41, 5.74) is 4.80. The predicted molar refractivity (Wildman–Crippen MR) is 168 cm³/mol. The molecule has 4 aromatic rings. The number of hydrogen-bond acceptors (Lipinski definition) is 5. The highest BCUT2D eigenvalue weighted by Crippen LogP contribution is 2.32. The summed E-state index contributed by atoms with van der Waals surface area (Å²) in [6.07, 6.45) is -2.50. The number of amides is 2. The average Bonchev–Trinajstić information content (AvgIpc) is 3.67. The number of carbonyl (C=O) groups is 1. The Balaban J connectivity index is 1.14. The van der Waals surface area contributed by atoms with Gasteiger partial charge in [0.15, 0.2) is 11.0 Å². The highest BCUT2D eigenvalue weighted by Gasteiger charge is 2.31. The van der Waals surface area contributed by atoms with Crippen molar-refractivity contribution in [1.29, 1.82) is 0 Å². The van der Waals surface area contributed by atoms with Crippen molar-refractivity contribution < 1.29 is 22.7 Å². The first-order valence-electron chi connectivity index (χ1n) is 14.3. The Bertz CT molecular complexity index is 1600. The summed E-state index contributed by atoms with van der Waals surface area (Å²) in [5.74, 6) is 1.63. The number of para-hydroxylation sites is 1. The minimum atomic E-state index is -4.74. The van der Waals surface area contributed by atoms with E-state index in [1.165, 1.54) is 40.8 Å². The Labute approximate surface area is 258 Å². The van der Waals surface area contributed by atoms with Gasteiger partial charge in [-0.1, -0.05) is 75.0 Å². The Morgan fingerprint density at radius 1 is 1.05 bits per heavy atom. The summed E-state index contributed by atoms with van der Waals surface area (Å²) < 4.78 is 42.6. The van der Waals surface area contributed by atoms with Crippen molar-refractivity contribution >= 4 is 28.6 Å². The molecule has 1 atom stereocenters. The number of aromatic nitrogens is 3. The molecule has 1 aliphatic rings. The third-order valence-corrected chi connectivity index (χ3v) is 8.20. The standard InChI is InChI=1S/C32H33F3N6O2S/c1-21(2)27-6-4-5-7-28(27)40-18-19-44-31(40)38-30(42)36-17-16-22(3)23-8-10-24(11-9-23)29-37-20-41(39-29)25-12-14-26(15-13-25)43-32(33,34)35/h4-15,20-22H,16-19H2,1-3H3,(H,36,42)/b38-31-. The van der Waals surface area contributed by atoms with Gasteiger partial charge in [0, 0.05) is 30.1 Å². The number of aliphatic imine (C=N–C) groups is 1. The molecule has 12 heteroatoms. The van der Waals surface area contributed by atoms with Gasteiger partial charge >= 0.3 is 12.4 Å². The summed E-state index contributed by atoms with van der Waals surface area (Å²) in [6.45, 7) is 7.74. The fourth-order valence-corrected chi connectivity index (χ4v) is 5.86. The van der Waals surface area contributed by atoms with Crippen LogP contribution in [0.25, 0.3) is 17.1 Å². The first-order valence-corrected chi connectivity index (χ1v) is 15.3. The van der Waals surface area contributed by atoms with E-state index >= 15 is 0 Å². The molecule has 1 saturated heterocycles. The molecule has 44 heavy (non-hydrogen) atoms.